The van der Waals surface area contributed by atoms with Gasteiger partial charge in [-0.15, -0.1) is 11.3 Å². The first-order valence-electron chi connectivity index (χ1n) is 6.99. The Bertz CT molecular complexity index is 981. The summed E-state index contributed by atoms with van der Waals surface area (Å²) in [5.41, 5.74) is 0.219. The number of aromatic amines is 1. The predicted molar refractivity (Wildman–Crippen MR) is 97.3 cm³/mol. The molecule has 1 N–H and O–H groups in total. The average Bonchev–Trinajstić information content (AvgIpc) is 2.88. The van der Waals surface area contributed by atoms with Gasteiger partial charge in [-0.05, 0) is 13.0 Å². The zero-order valence-corrected chi connectivity index (χ0v) is 15.3. The Kier molecular flexibility index (Phi) is 4.93. The van der Waals surface area contributed by atoms with E-state index in [9.17, 15) is 9.59 Å². The van der Waals surface area contributed by atoms with E-state index in [0.717, 1.165) is 15.0 Å². The number of thiophene rings is 1. The van der Waals surface area contributed by atoms with Crippen LogP contribution in [0.25, 0.3) is 10.1 Å². The van der Waals surface area contributed by atoms with Gasteiger partial charge in [0.05, 0.1) is 12.1 Å². The maximum atomic E-state index is 12.0. The highest BCUT2D eigenvalue weighted by Gasteiger charge is 2.19. The number of ether oxygens (including phenoxy) is 1. The molecule has 0 spiro atoms. The van der Waals surface area contributed by atoms with E-state index >= 15 is 0 Å². The Balaban J connectivity index is 1.95. The maximum absolute atomic E-state index is 12.0. The second kappa shape index (κ2) is 6.96. The number of nitrogens with zero attached hydrogens (tertiary/aromatic N) is 1. The number of esters is 1. The molecular weight excluding hydrogens is 368 g/mol. The quantitative estimate of drug-likeness (QED) is 0.420. The lowest BCUT2D eigenvalue weighted by Crippen LogP contribution is -2.19. The van der Waals surface area contributed by atoms with E-state index in [1.807, 2.05) is 24.3 Å². The summed E-state index contributed by atoms with van der Waals surface area (Å²) in [4.78, 5) is 31.0. The minimum atomic E-state index is -0.527. The van der Waals surface area contributed by atoms with Crippen LogP contribution in [0.3, 0.4) is 0 Å². The van der Waals surface area contributed by atoms with Gasteiger partial charge in [0, 0.05) is 26.4 Å². The van der Waals surface area contributed by atoms with Crippen LogP contribution in [-0.4, -0.2) is 23.0 Å². The number of H-pyrrole nitrogens is 1. The highest BCUT2D eigenvalue weighted by molar-refractivity contribution is 7.98. The molecule has 0 radical (unpaired) electrons. The Labute approximate surface area is 151 Å². The second-order valence-corrected chi connectivity index (χ2v) is 7.44. The van der Waals surface area contributed by atoms with Crippen LogP contribution in [-0.2, 0) is 10.5 Å². The van der Waals surface area contributed by atoms with E-state index in [1.54, 1.807) is 18.3 Å². The van der Waals surface area contributed by atoms with Crippen molar-refractivity contribution < 1.29 is 9.53 Å². The number of aryl methyl sites for hydroxylation is 1. The lowest BCUT2D eigenvalue weighted by molar-refractivity contribution is 0.0594. The number of carbonyl (C=O) groups excluding carboxylic acids is 1. The van der Waals surface area contributed by atoms with Crippen molar-refractivity contribution in [2.45, 2.75) is 17.7 Å². The molecule has 0 saturated heterocycles. The van der Waals surface area contributed by atoms with Gasteiger partial charge in [-0.3, -0.25) is 0 Å². The molecule has 0 unspecified atom stereocenters. The third-order valence-electron chi connectivity index (χ3n) is 3.42. The first-order chi connectivity index (χ1) is 11.5. The zero-order valence-electron chi connectivity index (χ0n) is 12.9. The molecule has 5 nitrogen and oxygen atoms in total. The molecule has 124 valence electrons. The van der Waals surface area contributed by atoms with Gasteiger partial charge in [0.15, 0.2) is 0 Å². The summed E-state index contributed by atoms with van der Waals surface area (Å²) < 4.78 is 5.88. The lowest BCUT2D eigenvalue weighted by Gasteiger charge is -2.08. The molecule has 0 saturated carbocycles. The Morgan fingerprint density at radius 1 is 1.42 bits per heavy atom. The van der Waals surface area contributed by atoms with Crippen molar-refractivity contribution in [2.24, 2.45) is 0 Å². The number of benzene rings is 1. The molecule has 0 amide bonds. The van der Waals surface area contributed by atoms with Crippen LogP contribution >= 0.6 is 34.7 Å². The number of halogens is 1. The van der Waals surface area contributed by atoms with Gasteiger partial charge >= 0.3 is 11.7 Å². The average molecular weight is 381 g/mol. The number of fused-ring (bicyclic) bond motifs is 1. The minimum Gasteiger partial charge on any atom is -0.465 e. The first kappa shape index (κ1) is 17.0. The van der Waals surface area contributed by atoms with Gasteiger partial charge in [0.25, 0.3) is 0 Å². The summed E-state index contributed by atoms with van der Waals surface area (Å²) in [5.74, 6) is -0.0147. The van der Waals surface area contributed by atoms with Crippen molar-refractivity contribution in [2.75, 3.05) is 7.11 Å². The second-order valence-electron chi connectivity index (χ2n) is 4.96. The summed E-state index contributed by atoms with van der Waals surface area (Å²) >= 11 is 9.32. The SMILES string of the molecule is COC(=O)c1c(SCc2sc3ccccc3c2Cl)nc(=O)[nH]c1C. The van der Waals surface area contributed by atoms with Gasteiger partial charge in [-0.25, -0.2) is 9.59 Å². The molecule has 24 heavy (non-hydrogen) atoms. The Hall–Kier alpha value is -1.83. The fraction of sp³-hybridized carbons (Fsp3) is 0.188. The summed E-state index contributed by atoms with van der Waals surface area (Å²) in [5, 5.41) is 2.05. The Morgan fingerprint density at radius 3 is 2.88 bits per heavy atom. The van der Waals surface area contributed by atoms with Crippen LogP contribution in [0.2, 0.25) is 5.02 Å². The summed E-state index contributed by atoms with van der Waals surface area (Å²) in [6.45, 7) is 1.64. The molecule has 8 heteroatoms. The number of nitrogens with one attached hydrogen (secondary N) is 1. The fourth-order valence-electron chi connectivity index (χ4n) is 2.30. The molecule has 3 aromatic rings. The summed E-state index contributed by atoms with van der Waals surface area (Å²) in [6.07, 6.45) is 0. The largest absolute Gasteiger partial charge is 0.465 e. The topological polar surface area (TPSA) is 72.0 Å². The zero-order chi connectivity index (χ0) is 17.3. The van der Waals surface area contributed by atoms with E-state index in [2.05, 4.69) is 9.97 Å². The molecule has 0 bridgehead atoms. The van der Waals surface area contributed by atoms with Crippen LogP contribution in [0, 0.1) is 6.92 Å². The number of methoxy groups -OCH3 is 1. The van der Waals surface area contributed by atoms with Gasteiger partial charge < -0.3 is 9.72 Å². The molecule has 0 fully saturated rings. The summed E-state index contributed by atoms with van der Waals surface area (Å²) in [7, 11) is 1.30. The maximum Gasteiger partial charge on any atom is 0.346 e. The lowest BCUT2D eigenvalue weighted by atomic mass is 10.2. The van der Waals surface area contributed by atoms with Crippen molar-refractivity contribution in [1.82, 2.24) is 9.97 Å². The number of hydrogen-bond donors (Lipinski definition) is 1. The molecule has 1 aromatic carbocycles. The van der Waals surface area contributed by atoms with Crippen LogP contribution in [0.15, 0.2) is 34.1 Å². The van der Waals surface area contributed by atoms with E-state index in [1.165, 1.54) is 18.9 Å². The van der Waals surface area contributed by atoms with E-state index in [0.29, 0.717) is 21.5 Å². The summed E-state index contributed by atoms with van der Waals surface area (Å²) in [6, 6.07) is 7.88. The van der Waals surface area contributed by atoms with Crippen LogP contribution < -0.4 is 5.69 Å². The van der Waals surface area contributed by atoms with Gasteiger partial charge in [0.1, 0.15) is 10.6 Å². The molecular formula is C16H13ClN2O3S2. The van der Waals surface area contributed by atoms with Crippen molar-refractivity contribution in [1.29, 1.82) is 0 Å². The van der Waals surface area contributed by atoms with Crippen molar-refractivity contribution >= 4 is 50.8 Å². The highest BCUT2D eigenvalue weighted by atomic mass is 35.5. The third kappa shape index (κ3) is 3.19. The Morgan fingerprint density at radius 2 is 2.17 bits per heavy atom. The number of thioether (sulfide) groups is 1. The standard InChI is InChI=1S/C16H13ClN2O3S2/c1-8-12(15(20)22-2)14(19-16(21)18-8)23-7-11-13(17)9-5-3-4-6-10(9)24-11/h3-6H,7H2,1-2H3,(H,18,19,21). The van der Waals surface area contributed by atoms with E-state index in [4.69, 9.17) is 16.3 Å². The number of hydrogen-bond acceptors (Lipinski definition) is 6. The van der Waals surface area contributed by atoms with E-state index < -0.39 is 11.7 Å². The number of aromatic nitrogens is 2. The van der Waals surface area contributed by atoms with Crippen LogP contribution in [0.5, 0.6) is 0 Å². The van der Waals surface area contributed by atoms with Crippen molar-refractivity contribution in [3.05, 3.63) is 55.9 Å². The van der Waals surface area contributed by atoms with E-state index in [-0.39, 0.29) is 5.56 Å². The third-order valence-corrected chi connectivity index (χ3v) is 6.32. The molecule has 0 aliphatic carbocycles. The normalized spacial score (nSPS) is 11.0. The highest BCUT2D eigenvalue weighted by Crippen LogP contribution is 2.38. The molecule has 2 aromatic heterocycles. The van der Waals surface area contributed by atoms with Gasteiger partial charge in [-0.2, -0.15) is 4.98 Å². The van der Waals surface area contributed by atoms with Crippen molar-refractivity contribution in [3.63, 3.8) is 0 Å². The molecule has 0 aliphatic heterocycles. The first-order valence-corrected chi connectivity index (χ1v) is 9.17. The molecule has 0 atom stereocenters. The number of rotatable bonds is 4. The fourth-order valence-corrected chi connectivity index (χ4v) is 5.02. The van der Waals surface area contributed by atoms with Crippen LogP contribution in [0.4, 0.5) is 0 Å². The minimum absolute atomic E-state index is 0.277. The molecule has 0 aliphatic rings. The monoisotopic (exact) mass is 380 g/mol. The van der Waals surface area contributed by atoms with Crippen LogP contribution in [0.1, 0.15) is 20.9 Å². The smallest absolute Gasteiger partial charge is 0.346 e. The van der Waals surface area contributed by atoms with Crippen molar-refractivity contribution in [3.8, 4) is 0 Å². The number of carbonyl (C=O) groups is 1. The van der Waals surface area contributed by atoms with Gasteiger partial charge in [0.2, 0.25) is 0 Å². The predicted octanol–water partition coefficient (Wildman–Crippen LogP) is 4.03. The van der Waals surface area contributed by atoms with Gasteiger partial charge in [-0.1, -0.05) is 41.6 Å². The molecule has 3 rings (SSSR count). The molecule has 2 heterocycles.